The van der Waals surface area contributed by atoms with Gasteiger partial charge in [-0.2, -0.15) is 0 Å². The van der Waals surface area contributed by atoms with Crippen LogP contribution in [-0.2, 0) is 9.59 Å². The van der Waals surface area contributed by atoms with E-state index in [0.29, 0.717) is 13.1 Å². The lowest BCUT2D eigenvalue weighted by atomic mass is 10.1. The normalized spacial score (nSPS) is 10.7. The second kappa shape index (κ2) is 12.0. The number of aliphatic carboxylic acids is 1. The predicted molar refractivity (Wildman–Crippen MR) is 76.1 cm³/mol. The zero-order valence-corrected chi connectivity index (χ0v) is 12.3. The van der Waals surface area contributed by atoms with Gasteiger partial charge in [0.2, 0.25) is 5.91 Å². The van der Waals surface area contributed by atoms with E-state index in [4.69, 9.17) is 5.11 Å². The number of carboxylic acid groups (broad SMARTS) is 1. The largest absolute Gasteiger partial charge is 0.481 e. The van der Waals surface area contributed by atoms with Crippen molar-refractivity contribution in [2.75, 3.05) is 26.2 Å². The molecule has 0 radical (unpaired) electrons. The molecule has 0 bridgehead atoms. The summed E-state index contributed by atoms with van der Waals surface area (Å²) in [5.41, 5.74) is 0. The first kappa shape index (κ1) is 17.9. The summed E-state index contributed by atoms with van der Waals surface area (Å²) in [6, 6.07) is 0. The molecule has 0 rings (SSSR count). The van der Waals surface area contributed by atoms with E-state index in [9.17, 15) is 9.59 Å². The SMILES string of the molecule is CCCCCCCN(CCNC(C)=O)CCC(=O)O. The molecule has 0 aromatic heterocycles. The fraction of sp³-hybridized carbons (Fsp3) is 0.857. The quantitative estimate of drug-likeness (QED) is 0.532. The standard InChI is InChI=1S/C14H28N2O3/c1-3-4-5-6-7-10-16(11-8-14(18)19)12-9-15-13(2)17/h3-12H2,1-2H3,(H,15,17)(H,18,19). The molecular weight excluding hydrogens is 244 g/mol. The van der Waals surface area contributed by atoms with E-state index >= 15 is 0 Å². The topological polar surface area (TPSA) is 69.6 Å². The van der Waals surface area contributed by atoms with E-state index in [1.54, 1.807) is 0 Å². The van der Waals surface area contributed by atoms with E-state index in [1.807, 2.05) is 0 Å². The van der Waals surface area contributed by atoms with Gasteiger partial charge in [0.1, 0.15) is 0 Å². The zero-order valence-electron chi connectivity index (χ0n) is 12.3. The Kier molecular flexibility index (Phi) is 11.3. The van der Waals surface area contributed by atoms with Crippen LogP contribution in [0.1, 0.15) is 52.4 Å². The molecule has 19 heavy (non-hydrogen) atoms. The van der Waals surface area contributed by atoms with Crippen LogP contribution in [0.25, 0.3) is 0 Å². The summed E-state index contributed by atoms with van der Waals surface area (Å²) in [7, 11) is 0. The first-order valence-electron chi connectivity index (χ1n) is 7.24. The van der Waals surface area contributed by atoms with Crippen LogP contribution in [0.3, 0.4) is 0 Å². The maximum Gasteiger partial charge on any atom is 0.304 e. The lowest BCUT2D eigenvalue weighted by Crippen LogP contribution is -2.35. The third-order valence-corrected chi connectivity index (χ3v) is 3.02. The molecule has 0 fully saturated rings. The molecule has 0 aliphatic rings. The van der Waals surface area contributed by atoms with Gasteiger partial charge in [0.15, 0.2) is 0 Å². The highest BCUT2D eigenvalue weighted by Crippen LogP contribution is 2.04. The molecule has 0 saturated heterocycles. The lowest BCUT2D eigenvalue weighted by molar-refractivity contribution is -0.137. The van der Waals surface area contributed by atoms with Gasteiger partial charge in [0.25, 0.3) is 0 Å². The Balaban J connectivity index is 3.82. The van der Waals surface area contributed by atoms with E-state index in [0.717, 1.165) is 19.5 Å². The van der Waals surface area contributed by atoms with Crippen molar-refractivity contribution >= 4 is 11.9 Å². The summed E-state index contributed by atoms with van der Waals surface area (Å²) in [6.45, 7) is 6.46. The number of nitrogens with zero attached hydrogens (tertiary/aromatic N) is 1. The summed E-state index contributed by atoms with van der Waals surface area (Å²) in [5, 5.41) is 11.5. The van der Waals surface area contributed by atoms with Crippen LogP contribution in [0.5, 0.6) is 0 Å². The third-order valence-electron chi connectivity index (χ3n) is 3.02. The van der Waals surface area contributed by atoms with Crippen molar-refractivity contribution in [3.8, 4) is 0 Å². The van der Waals surface area contributed by atoms with Gasteiger partial charge in [-0.15, -0.1) is 0 Å². The average molecular weight is 272 g/mol. The van der Waals surface area contributed by atoms with E-state index in [2.05, 4.69) is 17.1 Å². The molecule has 2 N–H and O–H groups in total. The molecule has 0 unspecified atom stereocenters. The molecule has 5 nitrogen and oxygen atoms in total. The number of nitrogens with one attached hydrogen (secondary N) is 1. The van der Waals surface area contributed by atoms with E-state index in [-0.39, 0.29) is 12.3 Å². The van der Waals surface area contributed by atoms with Gasteiger partial charge in [-0.1, -0.05) is 32.6 Å². The fourth-order valence-corrected chi connectivity index (χ4v) is 1.92. The minimum absolute atomic E-state index is 0.0406. The van der Waals surface area contributed by atoms with Gasteiger partial charge in [0.05, 0.1) is 6.42 Å². The van der Waals surface area contributed by atoms with Crippen molar-refractivity contribution < 1.29 is 14.7 Å². The van der Waals surface area contributed by atoms with Gasteiger partial charge >= 0.3 is 5.97 Å². The van der Waals surface area contributed by atoms with Crippen molar-refractivity contribution in [3.05, 3.63) is 0 Å². The van der Waals surface area contributed by atoms with Gasteiger partial charge in [-0.3, -0.25) is 9.59 Å². The third kappa shape index (κ3) is 13.1. The van der Waals surface area contributed by atoms with Crippen molar-refractivity contribution in [1.29, 1.82) is 0 Å². The number of amides is 1. The number of hydrogen-bond acceptors (Lipinski definition) is 3. The smallest absolute Gasteiger partial charge is 0.304 e. The Bertz CT molecular complexity index is 257. The Morgan fingerprint density at radius 1 is 1.05 bits per heavy atom. The van der Waals surface area contributed by atoms with Crippen LogP contribution >= 0.6 is 0 Å². The number of carboxylic acids is 1. The minimum Gasteiger partial charge on any atom is -0.481 e. The van der Waals surface area contributed by atoms with Crippen LogP contribution in [0.4, 0.5) is 0 Å². The summed E-state index contributed by atoms with van der Waals surface area (Å²) >= 11 is 0. The number of carbonyl (C=O) groups is 2. The Hall–Kier alpha value is -1.10. The van der Waals surface area contributed by atoms with Gasteiger partial charge in [-0.05, 0) is 13.0 Å². The summed E-state index contributed by atoms with van der Waals surface area (Å²) < 4.78 is 0. The first-order chi connectivity index (χ1) is 9.06. The molecule has 112 valence electrons. The molecule has 5 heteroatoms. The summed E-state index contributed by atoms with van der Waals surface area (Å²) in [4.78, 5) is 23.5. The maximum absolute atomic E-state index is 10.8. The highest BCUT2D eigenvalue weighted by molar-refractivity contribution is 5.72. The molecule has 1 amide bonds. The summed E-state index contributed by atoms with van der Waals surface area (Å²) in [5.74, 6) is -0.809. The molecule has 0 aliphatic heterocycles. The van der Waals surface area contributed by atoms with Gasteiger partial charge in [-0.25, -0.2) is 0 Å². The fourth-order valence-electron chi connectivity index (χ4n) is 1.92. The van der Waals surface area contributed by atoms with Crippen molar-refractivity contribution in [2.24, 2.45) is 0 Å². The van der Waals surface area contributed by atoms with Crippen LogP contribution in [0.2, 0.25) is 0 Å². The molecule has 0 aliphatic carbocycles. The lowest BCUT2D eigenvalue weighted by Gasteiger charge is -2.21. The van der Waals surface area contributed by atoms with E-state index < -0.39 is 5.97 Å². The second-order valence-corrected chi connectivity index (χ2v) is 4.88. The summed E-state index contributed by atoms with van der Waals surface area (Å²) in [6.07, 6.45) is 6.19. The molecule has 0 atom stereocenters. The maximum atomic E-state index is 10.8. The Morgan fingerprint density at radius 2 is 1.74 bits per heavy atom. The van der Waals surface area contributed by atoms with E-state index in [1.165, 1.54) is 32.6 Å². The van der Waals surface area contributed by atoms with Crippen LogP contribution in [0.15, 0.2) is 0 Å². The van der Waals surface area contributed by atoms with Crippen LogP contribution in [0, 0.1) is 0 Å². The van der Waals surface area contributed by atoms with Crippen molar-refractivity contribution in [2.45, 2.75) is 52.4 Å². The molecule has 0 aromatic rings. The molecule has 0 spiro atoms. The first-order valence-corrected chi connectivity index (χ1v) is 7.24. The monoisotopic (exact) mass is 272 g/mol. The highest BCUT2D eigenvalue weighted by atomic mass is 16.4. The van der Waals surface area contributed by atoms with Gasteiger partial charge < -0.3 is 15.3 Å². The highest BCUT2D eigenvalue weighted by Gasteiger charge is 2.07. The van der Waals surface area contributed by atoms with Crippen molar-refractivity contribution in [3.63, 3.8) is 0 Å². The number of unbranched alkanes of at least 4 members (excludes halogenated alkanes) is 4. The Labute approximate surface area is 116 Å². The van der Waals surface area contributed by atoms with Crippen LogP contribution < -0.4 is 5.32 Å². The average Bonchev–Trinajstić information content (AvgIpc) is 2.34. The zero-order chi connectivity index (χ0) is 14.5. The number of rotatable bonds is 12. The van der Waals surface area contributed by atoms with Gasteiger partial charge in [0, 0.05) is 26.6 Å². The Morgan fingerprint density at radius 3 is 2.32 bits per heavy atom. The van der Waals surface area contributed by atoms with Crippen molar-refractivity contribution in [1.82, 2.24) is 10.2 Å². The molecular formula is C14H28N2O3. The molecule has 0 saturated carbocycles. The second-order valence-electron chi connectivity index (χ2n) is 4.88. The van der Waals surface area contributed by atoms with Crippen LogP contribution in [-0.4, -0.2) is 48.1 Å². The molecule has 0 aromatic carbocycles. The predicted octanol–water partition coefficient (Wildman–Crippen LogP) is 1.87. The minimum atomic E-state index is -0.768. The molecule has 0 heterocycles. The number of hydrogen-bond donors (Lipinski definition) is 2. The number of carbonyl (C=O) groups excluding carboxylic acids is 1.